The topological polar surface area (TPSA) is 117 Å². The SMILES string of the molecule is COc1ccccc1Cn1c(=O)c2ccccc2n2c(S[C@H](C)C(=O)Nc3cc(C)on3)nnc12. The molecule has 5 rings (SSSR count). The number of nitrogens with zero attached hydrogens (tertiary/aromatic N) is 5. The van der Waals surface area contributed by atoms with E-state index in [9.17, 15) is 9.59 Å². The van der Waals surface area contributed by atoms with Crippen molar-refractivity contribution in [2.24, 2.45) is 0 Å². The van der Waals surface area contributed by atoms with Crippen LogP contribution in [-0.2, 0) is 11.3 Å². The van der Waals surface area contributed by atoms with E-state index in [0.717, 1.165) is 5.56 Å². The smallest absolute Gasteiger partial charge is 0.263 e. The van der Waals surface area contributed by atoms with Crippen molar-refractivity contribution >= 4 is 40.2 Å². The lowest BCUT2D eigenvalue weighted by molar-refractivity contribution is -0.115. The molecule has 0 saturated carbocycles. The first kappa shape index (κ1) is 22.7. The summed E-state index contributed by atoms with van der Waals surface area (Å²) in [5.74, 6) is 1.74. The van der Waals surface area contributed by atoms with Crippen molar-refractivity contribution < 1.29 is 14.1 Å². The van der Waals surface area contributed by atoms with Crippen LogP contribution in [0.15, 0.2) is 69.1 Å². The van der Waals surface area contributed by atoms with Gasteiger partial charge in [0.15, 0.2) is 11.0 Å². The standard InChI is InChI=1S/C24H22N6O4S/c1-14-12-20(28-34-14)25-21(31)15(2)35-24-27-26-23-29(13-16-8-4-7-11-19(16)33-3)22(32)17-9-5-6-10-18(17)30(23)24/h4-12,15H,13H2,1-3H3,(H,25,28,31)/t15-/m1/s1. The van der Waals surface area contributed by atoms with Crippen molar-refractivity contribution in [3.05, 3.63) is 76.3 Å². The molecule has 0 bridgehead atoms. The van der Waals surface area contributed by atoms with E-state index in [0.29, 0.717) is 39.2 Å². The van der Waals surface area contributed by atoms with Crippen LogP contribution in [0.2, 0.25) is 0 Å². The van der Waals surface area contributed by atoms with E-state index in [2.05, 4.69) is 20.7 Å². The Hall–Kier alpha value is -4.12. The zero-order valence-electron chi connectivity index (χ0n) is 19.3. The van der Waals surface area contributed by atoms with Gasteiger partial charge in [0.25, 0.3) is 5.56 Å². The Morgan fingerprint density at radius 3 is 2.71 bits per heavy atom. The number of nitrogens with one attached hydrogen (secondary N) is 1. The highest BCUT2D eigenvalue weighted by molar-refractivity contribution is 8.00. The molecule has 1 atom stereocenters. The molecule has 0 unspecified atom stereocenters. The third-order valence-electron chi connectivity index (χ3n) is 5.53. The quantitative estimate of drug-likeness (QED) is 0.345. The fourth-order valence-corrected chi connectivity index (χ4v) is 4.68. The van der Waals surface area contributed by atoms with Gasteiger partial charge in [0.2, 0.25) is 11.7 Å². The number of hydrogen-bond acceptors (Lipinski definition) is 8. The van der Waals surface area contributed by atoms with Gasteiger partial charge in [-0.25, -0.2) is 0 Å². The zero-order valence-corrected chi connectivity index (χ0v) is 20.1. The van der Waals surface area contributed by atoms with Gasteiger partial charge in [-0.15, -0.1) is 10.2 Å². The van der Waals surface area contributed by atoms with E-state index < -0.39 is 5.25 Å². The van der Waals surface area contributed by atoms with E-state index >= 15 is 0 Å². The summed E-state index contributed by atoms with van der Waals surface area (Å²) in [5.41, 5.74) is 1.31. The number of methoxy groups -OCH3 is 1. The van der Waals surface area contributed by atoms with Crippen LogP contribution in [0.3, 0.4) is 0 Å². The third-order valence-corrected chi connectivity index (χ3v) is 6.57. The Morgan fingerprint density at radius 2 is 1.94 bits per heavy atom. The minimum absolute atomic E-state index is 0.185. The molecule has 0 fully saturated rings. The molecule has 35 heavy (non-hydrogen) atoms. The van der Waals surface area contributed by atoms with Crippen molar-refractivity contribution in [1.29, 1.82) is 0 Å². The third kappa shape index (κ3) is 4.26. The number of amides is 1. The second kappa shape index (κ2) is 9.26. The molecule has 0 aliphatic carbocycles. The first-order chi connectivity index (χ1) is 17.0. The number of carbonyl (C=O) groups excluding carboxylic acids is 1. The average molecular weight is 491 g/mol. The maximum Gasteiger partial charge on any atom is 0.263 e. The molecule has 0 radical (unpaired) electrons. The molecule has 10 nitrogen and oxygen atoms in total. The highest BCUT2D eigenvalue weighted by Crippen LogP contribution is 2.27. The predicted molar refractivity (Wildman–Crippen MR) is 132 cm³/mol. The maximum absolute atomic E-state index is 13.4. The summed E-state index contributed by atoms with van der Waals surface area (Å²) >= 11 is 1.24. The second-order valence-corrected chi connectivity index (χ2v) is 9.22. The molecule has 0 spiro atoms. The number of aryl methyl sites for hydroxylation is 1. The van der Waals surface area contributed by atoms with Crippen LogP contribution in [0.4, 0.5) is 5.82 Å². The molecule has 0 aliphatic rings. The van der Waals surface area contributed by atoms with Crippen LogP contribution in [0.25, 0.3) is 16.7 Å². The van der Waals surface area contributed by atoms with Gasteiger partial charge in [-0.3, -0.25) is 18.6 Å². The number of carbonyl (C=O) groups is 1. The fraction of sp³-hybridized carbons (Fsp3) is 0.208. The van der Waals surface area contributed by atoms with Crippen LogP contribution in [0.5, 0.6) is 5.75 Å². The molecule has 0 saturated heterocycles. The Bertz CT molecular complexity index is 1600. The van der Waals surface area contributed by atoms with Gasteiger partial charge in [-0.05, 0) is 32.0 Å². The van der Waals surface area contributed by atoms with Crippen LogP contribution in [0, 0.1) is 6.92 Å². The van der Waals surface area contributed by atoms with E-state index in [1.165, 1.54) is 11.8 Å². The van der Waals surface area contributed by atoms with E-state index in [1.807, 2.05) is 42.5 Å². The van der Waals surface area contributed by atoms with Gasteiger partial charge in [-0.2, -0.15) is 0 Å². The number of ether oxygens (including phenoxy) is 1. The molecule has 1 N–H and O–H groups in total. The number of benzene rings is 2. The Morgan fingerprint density at radius 1 is 1.17 bits per heavy atom. The molecule has 2 aromatic carbocycles. The highest BCUT2D eigenvalue weighted by Gasteiger charge is 2.22. The normalized spacial score (nSPS) is 12.2. The molecule has 1 amide bonds. The molecule has 11 heteroatoms. The maximum atomic E-state index is 13.4. The van der Waals surface area contributed by atoms with Crippen molar-refractivity contribution in [2.45, 2.75) is 30.8 Å². The first-order valence-electron chi connectivity index (χ1n) is 10.9. The zero-order chi connectivity index (χ0) is 24.5. The number of para-hydroxylation sites is 2. The van der Waals surface area contributed by atoms with E-state index in [-0.39, 0.29) is 18.0 Å². The lowest BCUT2D eigenvalue weighted by atomic mass is 10.2. The number of rotatable bonds is 7. The van der Waals surface area contributed by atoms with Gasteiger partial charge >= 0.3 is 0 Å². The summed E-state index contributed by atoms with van der Waals surface area (Å²) < 4.78 is 13.9. The van der Waals surface area contributed by atoms with Crippen LogP contribution in [-0.4, -0.2) is 42.6 Å². The molecule has 5 aromatic rings. The number of aromatic nitrogens is 5. The second-order valence-electron chi connectivity index (χ2n) is 7.91. The minimum atomic E-state index is -0.521. The van der Waals surface area contributed by atoms with Gasteiger partial charge in [-0.1, -0.05) is 47.3 Å². The minimum Gasteiger partial charge on any atom is -0.496 e. The van der Waals surface area contributed by atoms with Gasteiger partial charge < -0.3 is 14.6 Å². The van der Waals surface area contributed by atoms with Gasteiger partial charge in [0.05, 0.1) is 29.8 Å². The van der Waals surface area contributed by atoms with E-state index in [4.69, 9.17) is 9.26 Å². The number of hydrogen-bond donors (Lipinski definition) is 1. The van der Waals surface area contributed by atoms with Crippen molar-refractivity contribution in [2.75, 3.05) is 12.4 Å². The Kier molecular flexibility index (Phi) is 6.00. The first-order valence-corrected chi connectivity index (χ1v) is 11.7. The summed E-state index contributed by atoms with van der Waals surface area (Å²) in [6.45, 7) is 3.77. The number of fused-ring (bicyclic) bond motifs is 3. The van der Waals surface area contributed by atoms with Gasteiger partial charge in [0.1, 0.15) is 11.5 Å². The largest absolute Gasteiger partial charge is 0.496 e. The predicted octanol–water partition coefficient (Wildman–Crippen LogP) is 3.52. The Labute approximate surface area is 203 Å². The lowest BCUT2D eigenvalue weighted by Gasteiger charge is -2.14. The summed E-state index contributed by atoms with van der Waals surface area (Å²) in [6, 6.07) is 16.4. The van der Waals surface area contributed by atoms with Crippen LogP contribution in [0.1, 0.15) is 18.2 Å². The molecule has 0 aliphatic heterocycles. The summed E-state index contributed by atoms with van der Waals surface area (Å²) in [4.78, 5) is 26.2. The molecular formula is C24H22N6O4S. The van der Waals surface area contributed by atoms with Crippen molar-refractivity contribution in [3.8, 4) is 5.75 Å². The fourth-order valence-electron chi connectivity index (χ4n) is 3.82. The lowest BCUT2D eigenvalue weighted by Crippen LogP contribution is -2.25. The average Bonchev–Trinajstić information content (AvgIpc) is 3.47. The Balaban J connectivity index is 1.56. The molecule has 3 aromatic heterocycles. The summed E-state index contributed by atoms with van der Waals surface area (Å²) in [5, 5.41) is 15.7. The van der Waals surface area contributed by atoms with Crippen LogP contribution < -0.4 is 15.6 Å². The number of anilines is 1. The van der Waals surface area contributed by atoms with Gasteiger partial charge in [0, 0.05) is 11.6 Å². The molecular weight excluding hydrogens is 468 g/mol. The summed E-state index contributed by atoms with van der Waals surface area (Å²) in [6.07, 6.45) is 0. The van der Waals surface area contributed by atoms with Crippen molar-refractivity contribution in [1.82, 2.24) is 24.3 Å². The number of thioether (sulfide) groups is 1. The molecule has 3 heterocycles. The highest BCUT2D eigenvalue weighted by atomic mass is 32.2. The van der Waals surface area contributed by atoms with E-state index in [1.54, 1.807) is 42.1 Å². The summed E-state index contributed by atoms with van der Waals surface area (Å²) in [7, 11) is 1.59. The molecule has 178 valence electrons. The van der Waals surface area contributed by atoms with Crippen molar-refractivity contribution in [3.63, 3.8) is 0 Å². The monoisotopic (exact) mass is 490 g/mol. The van der Waals surface area contributed by atoms with Crippen LogP contribution >= 0.6 is 11.8 Å².